The largest absolute Gasteiger partial charge is 0.454 e. The molecule has 0 radical (unpaired) electrons. The van der Waals surface area contributed by atoms with Crippen LogP contribution in [0.15, 0.2) is 59.5 Å². The first-order chi connectivity index (χ1) is 18.0. The minimum Gasteiger partial charge on any atom is -0.454 e. The third-order valence-electron chi connectivity index (χ3n) is 6.99. The first kappa shape index (κ1) is 22.8. The Labute approximate surface area is 211 Å². The van der Waals surface area contributed by atoms with Gasteiger partial charge in [-0.3, -0.25) is 19.1 Å². The van der Waals surface area contributed by atoms with Crippen LogP contribution in [-0.2, 0) is 11.8 Å². The van der Waals surface area contributed by atoms with Crippen molar-refractivity contribution in [3.8, 4) is 22.6 Å². The van der Waals surface area contributed by atoms with E-state index in [-0.39, 0.29) is 30.2 Å². The van der Waals surface area contributed by atoms with Crippen LogP contribution in [0.2, 0.25) is 0 Å². The van der Waals surface area contributed by atoms with Crippen molar-refractivity contribution in [3.05, 3.63) is 70.8 Å². The van der Waals surface area contributed by atoms with Crippen LogP contribution in [-0.4, -0.2) is 51.1 Å². The Kier molecular flexibility index (Phi) is 5.63. The molecule has 0 unspecified atom stereocenters. The number of amides is 2. The number of anilines is 1. The van der Waals surface area contributed by atoms with E-state index in [0.29, 0.717) is 59.8 Å². The minimum atomic E-state index is -0.225. The number of nitrogens with one attached hydrogen (secondary N) is 2. The van der Waals surface area contributed by atoms with Crippen molar-refractivity contribution in [2.75, 3.05) is 25.2 Å². The molecule has 2 aromatic heterocycles. The molecule has 6 rings (SSSR count). The SMILES string of the molecule is Cn1c(=O)[nH]c2ncc(-c3cccc(C(=O)N4CCC(C(=O)Nc5ccc6c(c5)OCO6)CC4)c3)cc21. The van der Waals surface area contributed by atoms with Crippen LogP contribution in [0.3, 0.4) is 0 Å². The summed E-state index contributed by atoms with van der Waals surface area (Å²) in [7, 11) is 1.69. The van der Waals surface area contributed by atoms with Gasteiger partial charge in [-0.05, 0) is 48.7 Å². The molecular weight excluding hydrogens is 474 g/mol. The van der Waals surface area contributed by atoms with Gasteiger partial charge in [-0.1, -0.05) is 12.1 Å². The standard InChI is InChI=1S/C27H25N5O5/c1-31-21-12-19(14-28-24(21)30-27(31)35)17-3-2-4-18(11-17)26(34)32-9-7-16(8-10-32)25(33)29-20-5-6-22-23(13-20)37-15-36-22/h2-6,11-14,16H,7-10,15H2,1H3,(H,29,33)(H,28,30,35). The van der Waals surface area contributed by atoms with Crippen molar-refractivity contribution in [3.63, 3.8) is 0 Å². The summed E-state index contributed by atoms with van der Waals surface area (Å²) in [6.45, 7) is 1.19. The Balaban J connectivity index is 1.11. The van der Waals surface area contributed by atoms with E-state index in [0.717, 1.165) is 11.1 Å². The van der Waals surface area contributed by atoms with Gasteiger partial charge in [0, 0.05) is 55.1 Å². The zero-order valence-corrected chi connectivity index (χ0v) is 20.2. The van der Waals surface area contributed by atoms with E-state index >= 15 is 0 Å². The number of carbonyl (C=O) groups is 2. The van der Waals surface area contributed by atoms with Crippen LogP contribution in [0, 0.1) is 5.92 Å². The lowest BCUT2D eigenvalue weighted by molar-refractivity contribution is -0.121. The summed E-state index contributed by atoms with van der Waals surface area (Å²) >= 11 is 0. The number of carbonyl (C=O) groups excluding carboxylic acids is 2. The number of rotatable bonds is 4. The fourth-order valence-electron chi connectivity index (χ4n) is 4.84. The highest BCUT2D eigenvalue weighted by Gasteiger charge is 2.28. The molecule has 2 aliphatic rings. The van der Waals surface area contributed by atoms with E-state index in [1.54, 1.807) is 42.4 Å². The lowest BCUT2D eigenvalue weighted by atomic mass is 9.95. The highest BCUT2D eigenvalue weighted by Crippen LogP contribution is 2.34. The van der Waals surface area contributed by atoms with Gasteiger partial charge < -0.3 is 19.7 Å². The average Bonchev–Trinajstić information content (AvgIpc) is 3.51. The molecule has 10 heteroatoms. The number of fused-ring (bicyclic) bond motifs is 2. The average molecular weight is 500 g/mol. The Morgan fingerprint density at radius 2 is 1.84 bits per heavy atom. The van der Waals surface area contributed by atoms with Crippen LogP contribution in [0.5, 0.6) is 11.5 Å². The number of hydrogen-bond acceptors (Lipinski definition) is 6. The number of pyridine rings is 1. The summed E-state index contributed by atoms with van der Waals surface area (Å²) < 4.78 is 12.2. The van der Waals surface area contributed by atoms with Gasteiger partial charge in [-0.25, -0.2) is 9.78 Å². The number of nitrogens with zero attached hydrogens (tertiary/aromatic N) is 3. The molecule has 2 N–H and O–H groups in total. The molecule has 2 amide bonds. The summed E-state index contributed by atoms with van der Waals surface area (Å²) in [6, 6.07) is 14.6. The molecule has 1 saturated heterocycles. The van der Waals surface area contributed by atoms with Crippen molar-refractivity contribution < 1.29 is 19.1 Å². The van der Waals surface area contributed by atoms with Gasteiger partial charge in [0.15, 0.2) is 17.1 Å². The highest BCUT2D eigenvalue weighted by atomic mass is 16.7. The molecule has 2 aliphatic heterocycles. The van der Waals surface area contributed by atoms with E-state index in [1.165, 1.54) is 4.57 Å². The van der Waals surface area contributed by atoms with E-state index < -0.39 is 0 Å². The topological polar surface area (TPSA) is 119 Å². The van der Waals surface area contributed by atoms with Gasteiger partial charge in [-0.2, -0.15) is 0 Å². The number of aryl methyl sites for hydroxylation is 1. The Hall–Kier alpha value is -4.60. The Morgan fingerprint density at radius 3 is 2.68 bits per heavy atom. The highest BCUT2D eigenvalue weighted by molar-refractivity contribution is 5.96. The molecule has 0 bridgehead atoms. The summed E-state index contributed by atoms with van der Waals surface area (Å²) in [4.78, 5) is 46.8. The lowest BCUT2D eigenvalue weighted by Gasteiger charge is -2.31. The third kappa shape index (κ3) is 4.31. The maximum absolute atomic E-state index is 13.3. The van der Waals surface area contributed by atoms with Gasteiger partial charge in [0.05, 0.1) is 5.52 Å². The second-order valence-corrected chi connectivity index (χ2v) is 9.29. The molecular formula is C27H25N5O5. The van der Waals surface area contributed by atoms with Crippen molar-refractivity contribution in [1.29, 1.82) is 0 Å². The van der Waals surface area contributed by atoms with E-state index in [2.05, 4.69) is 15.3 Å². The van der Waals surface area contributed by atoms with Gasteiger partial charge >= 0.3 is 5.69 Å². The van der Waals surface area contributed by atoms with Gasteiger partial charge in [0.2, 0.25) is 12.7 Å². The zero-order chi connectivity index (χ0) is 25.5. The fourth-order valence-corrected chi connectivity index (χ4v) is 4.84. The summed E-state index contributed by atoms with van der Waals surface area (Å²) in [5.74, 6) is 0.982. The maximum Gasteiger partial charge on any atom is 0.327 e. The van der Waals surface area contributed by atoms with Crippen LogP contribution in [0.1, 0.15) is 23.2 Å². The molecule has 188 valence electrons. The van der Waals surface area contributed by atoms with Crippen molar-refractivity contribution in [2.24, 2.45) is 13.0 Å². The maximum atomic E-state index is 13.3. The number of H-pyrrole nitrogens is 1. The van der Waals surface area contributed by atoms with Crippen molar-refractivity contribution in [1.82, 2.24) is 19.4 Å². The predicted molar refractivity (Wildman–Crippen MR) is 137 cm³/mol. The molecule has 1 fully saturated rings. The lowest BCUT2D eigenvalue weighted by Crippen LogP contribution is -2.41. The fraction of sp³-hybridized carbons (Fsp3) is 0.259. The first-order valence-corrected chi connectivity index (χ1v) is 12.1. The minimum absolute atomic E-state index is 0.0602. The zero-order valence-electron chi connectivity index (χ0n) is 20.2. The normalized spacial score (nSPS) is 15.2. The predicted octanol–water partition coefficient (Wildman–Crippen LogP) is 3.15. The third-order valence-corrected chi connectivity index (χ3v) is 6.99. The van der Waals surface area contributed by atoms with E-state index in [1.807, 2.05) is 24.3 Å². The van der Waals surface area contributed by atoms with E-state index in [9.17, 15) is 14.4 Å². The van der Waals surface area contributed by atoms with Crippen LogP contribution in [0.4, 0.5) is 5.69 Å². The molecule has 4 aromatic rings. The number of likely N-dealkylation sites (tertiary alicyclic amines) is 1. The van der Waals surface area contributed by atoms with Gasteiger partial charge in [0.1, 0.15) is 0 Å². The van der Waals surface area contributed by atoms with Crippen LogP contribution < -0.4 is 20.5 Å². The van der Waals surface area contributed by atoms with Crippen molar-refractivity contribution >= 4 is 28.7 Å². The second-order valence-electron chi connectivity index (χ2n) is 9.29. The number of aromatic amines is 1. The van der Waals surface area contributed by atoms with Crippen LogP contribution >= 0.6 is 0 Å². The Bertz CT molecular complexity index is 1580. The quantitative estimate of drug-likeness (QED) is 0.445. The van der Waals surface area contributed by atoms with Crippen molar-refractivity contribution in [2.45, 2.75) is 12.8 Å². The smallest absolute Gasteiger partial charge is 0.327 e. The number of aromatic nitrogens is 3. The second kappa shape index (κ2) is 9.12. The molecule has 2 aromatic carbocycles. The molecule has 0 aliphatic carbocycles. The molecule has 4 heterocycles. The number of ether oxygens (including phenoxy) is 2. The molecule has 0 atom stereocenters. The number of benzene rings is 2. The number of hydrogen-bond donors (Lipinski definition) is 2. The van der Waals surface area contributed by atoms with Gasteiger partial charge in [0.25, 0.3) is 5.91 Å². The monoisotopic (exact) mass is 499 g/mol. The summed E-state index contributed by atoms with van der Waals surface area (Å²) in [6.07, 6.45) is 2.86. The van der Waals surface area contributed by atoms with Gasteiger partial charge in [-0.15, -0.1) is 0 Å². The van der Waals surface area contributed by atoms with Crippen LogP contribution in [0.25, 0.3) is 22.3 Å². The molecule has 0 saturated carbocycles. The molecule has 10 nitrogen and oxygen atoms in total. The summed E-state index contributed by atoms with van der Waals surface area (Å²) in [5.41, 5.74) is 3.88. The number of piperidine rings is 1. The summed E-state index contributed by atoms with van der Waals surface area (Å²) in [5, 5.41) is 2.95. The Morgan fingerprint density at radius 1 is 1.03 bits per heavy atom. The first-order valence-electron chi connectivity index (χ1n) is 12.1. The molecule has 0 spiro atoms. The van der Waals surface area contributed by atoms with E-state index in [4.69, 9.17) is 9.47 Å². The number of imidazole rings is 1. The molecule has 37 heavy (non-hydrogen) atoms.